The number of benzene rings is 1. The predicted octanol–water partition coefficient (Wildman–Crippen LogP) is 2.59. The molecule has 3 aromatic rings. The number of fused-ring (bicyclic) bond motifs is 1. The molecule has 0 fully saturated rings. The molecule has 96 valence electrons. The molecule has 0 bridgehead atoms. The summed E-state index contributed by atoms with van der Waals surface area (Å²) in [5.41, 5.74) is 0.724. The Hall–Kier alpha value is -2.21. The molecule has 0 radical (unpaired) electrons. The summed E-state index contributed by atoms with van der Waals surface area (Å²) in [5, 5.41) is 8.21. The van der Waals surface area contributed by atoms with Crippen molar-refractivity contribution >= 4 is 17.2 Å². The molecule has 2 aromatic heterocycles. The average molecular weight is 279 g/mol. The van der Waals surface area contributed by atoms with E-state index in [-0.39, 0.29) is 5.56 Å². The van der Waals surface area contributed by atoms with E-state index >= 15 is 0 Å². The molecule has 3 rings (SSSR count). The van der Waals surface area contributed by atoms with Gasteiger partial charge in [-0.25, -0.2) is 9.37 Å². The second-order valence-corrected chi connectivity index (χ2v) is 4.17. The van der Waals surface area contributed by atoms with E-state index in [0.29, 0.717) is 22.4 Å². The van der Waals surface area contributed by atoms with Crippen LogP contribution in [0.5, 0.6) is 5.75 Å². The number of aromatic nitrogens is 4. The van der Waals surface area contributed by atoms with Crippen molar-refractivity contribution in [3.05, 3.63) is 41.6 Å². The Bertz CT molecular complexity index is 759. The highest BCUT2D eigenvalue weighted by atomic mass is 35.5. The first-order valence-corrected chi connectivity index (χ1v) is 5.77. The van der Waals surface area contributed by atoms with Crippen molar-refractivity contribution in [1.82, 2.24) is 19.6 Å². The fraction of sp³-hybridized carbons (Fsp3) is 0.0833. The molecule has 19 heavy (non-hydrogen) atoms. The lowest BCUT2D eigenvalue weighted by molar-refractivity contribution is 0.413. The van der Waals surface area contributed by atoms with Crippen molar-refractivity contribution in [3.8, 4) is 17.1 Å². The molecule has 0 aliphatic rings. The van der Waals surface area contributed by atoms with Gasteiger partial charge in [0.05, 0.1) is 12.7 Å². The molecular weight excluding hydrogens is 271 g/mol. The van der Waals surface area contributed by atoms with E-state index in [1.165, 1.54) is 19.5 Å². The van der Waals surface area contributed by atoms with E-state index in [1.807, 2.05) is 0 Å². The van der Waals surface area contributed by atoms with Crippen LogP contribution in [0.1, 0.15) is 0 Å². The Kier molecular flexibility index (Phi) is 2.79. The van der Waals surface area contributed by atoms with Crippen LogP contribution in [0.2, 0.25) is 5.15 Å². The summed E-state index contributed by atoms with van der Waals surface area (Å²) in [7, 11) is 1.47. The number of hydrogen-bond donors (Lipinski definition) is 0. The molecule has 2 heterocycles. The lowest BCUT2D eigenvalue weighted by Crippen LogP contribution is -1.97. The van der Waals surface area contributed by atoms with Crippen molar-refractivity contribution in [3.63, 3.8) is 0 Å². The van der Waals surface area contributed by atoms with Crippen molar-refractivity contribution in [2.24, 2.45) is 0 Å². The first-order chi connectivity index (χ1) is 9.20. The van der Waals surface area contributed by atoms with E-state index in [4.69, 9.17) is 16.3 Å². The standard InChI is InChI=1S/C12H8ClFN4O/c1-19-8-4-2-3-7(14)11(8)12-17-16-10-5-9(13)15-6-18(10)12/h2-6H,1H3. The molecular formula is C12H8ClFN4O. The average Bonchev–Trinajstić information content (AvgIpc) is 2.81. The van der Waals surface area contributed by atoms with Crippen LogP contribution in [-0.4, -0.2) is 26.7 Å². The zero-order valence-electron chi connectivity index (χ0n) is 9.84. The van der Waals surface area contributed by atoms with Gasteiger partial charge in [0.15, 0.2) is 11.5 Å². The number of ether oxygens (including phenoxy) is 1. The number of methoxy groups -OCH3 is 1. The fourth-order valence-electron chi connectivity index (χ4n) is 1.83. The van der Waals surface area contributed by atoms with E-state index < -0.39 is 5.82 Å². The molecule has 0 amide bonds. The molecule has 0 aliphatic heterocycles. The molecule has 0 atom stereocenters. The molecule has 0 saturated carbocycles. The number of hydrogen-bond acceptors (Lipinski definition) is 4. The Morgan fingerprint density at radius 1 is 1.32 bits per heavy atom. The van der Waals surface area contributed by atoms with E-state index in [1.54, 1.807) is 22.6 Å². The van der Waals surface area contributed by atoms with Gasteiger partial charge in [-0.15, -0.1) is 10.2 Å². The number of nitrogens with zero attached hydrogens (tertiary/aromatic N) is 4. The third-order valence-corrected chi connectivity index (χ3v) is 2.89. The van der Waals surface area contributed by atoms with Gasteiger partial charge in [0, 0.05) is 6.07 Å². The zero-order chi connectivity index (χ0) is 13.4. The third kappa shape index (κ3) is 1.90. The Morgan fingerprint density at radius 3 is 2.95 bits per heavy atom. The van der Waals surface area contributed by atoms with Crippen LogP contribution in [-0.2, 0) is 0 Å². The molecule has 0 unspecified atom stereocenters. The molecule has 0 N–H and O–H groups in total. The number of halogens is 2. The van der Waals surface area contributed by atoms with E-state index in [0.717, 1.165) is 0 Å². The minimum atomic E-state index is -0.441. The Balaban J connectivity index is 2.31. The largest absolute Gasteiger partial charge is 0.496 e. The van der Waals surface area contributed by atoms with Gasteiger partial charge in [0.25, 0.3) is 0 Å². The highest BCUT2D eigenvalue weighted by Gasteiger charge is 2.17. The van der Waals surface area contributed by atoms with Crippen LogP contribution in [0.15, 0.2) is 30.6 Å². The normalized spacial score (nSPS) is 10.9. The van der Waals surface area contributed by atoms with E-state index in [2.05, 4.69) is 15.2 Å². The van der Waals surface area contributed by atoms with Crippen molar-refractivity contribution < 1.29 is 9.13 Å². The maximum Gasteiger partial charge on any atom is 0.176 e. The van der Waals surface area contributed by atoms with Crippen molar-refractivity contribution in [2.45, 2.75) is 0 Å². The summed E-state index contributed by atoms with van der Waals surface area (Å²) < 4.78 is 20.7. The first kappa shape index (κ1) is 11.9. The minimum absolute atomic E-state index is 0.238. The molecule has 0 saturated heterocycles. The highest BCUT2D eigenvalue weighted by Crippen LogP contribution is 2.31. The molecule has 7 heteroatoms. The predicted molar refractivity (Wildman–Crippen MR) is 67.7 cm³/mol. The third-order valence-electron chi connectivity index (χ3n) is 2.69. The SMILES string of the molecule is COc1cccc(F)c1-c1nnc2cc(Cl)ncn12. The lowest BCUT2D eigenvalue weighted by atomic mass is 10.1. The summed E-state index contributed by atoms with van der Waals surface area (Å²) >= 11 is 5.77. The van der Waals surface area contributed by atoms with Crippen molar-refractivity contribution in [2.75, 3.05) is 7.11 Å². The summed E-state index contributed by atoms with van der Waals surface area (Å²) in [5.74, 6) is 0.252. The van der Waals surface area contributed by atoms with Gasteiger partial charge < -0.3 is 4.74 Å². The lowest BCUT2D eigenvalue weighted by Gasteiger charge is -2.07. The summed E-state index contributed by atoms with van der Waals surface area (Å²) in [6.45, 7) is 0. The topological polar surface area (TPSA) is 52.3 Å². The molecule has 1 aromatic carbocycles. The second kappa shape index (κ2) is 4.47. The van der Waals surface area contributed by atoms with Crippen LogP contribution < -0.4 is 4.74 Å². The highest BCUT2D eigenvalue weighted by molar-refractivity contribution is 6.29. The zero-order valence-corrected chi connectivity index (χ0v) is 10.6. The van der Waals surface area contributed by atoms with Crippen molar-refractivity contribution in [1.29, 1.82) is 0 Å². The van der Waals surface area contributed by atoms with Gasteiger partial charge in [-0.3, -0.25) is 4.40 Å². The van der Waals surface area contributed by atoms with Crippen LogP contribution in [0, 0.1) is 5.82 Å². The van der Waals surface area contributed by atoms with E-state index in [9.17, 15) is 4.39 Å². The monoisotopic (exact) mass is 278 g/mol. The maximum atomic E-state index is 14.0. The maximum absolute atomic E-state index is 14.0. The van der Waals surface area contributed by atoms with Gasteiger partial charge in [-0.1, -0.05) is 17.7 Å². The van der Waals surface area contributed by atoms with Gasteiger partial charge in [0.2, 0.25) is 0 Å². The van der Waals surface area contributed by atoms with Gasteiger partial charge in [0.1, 0.15) is 23.0 Å². The summed E-state index contributed by atoms with van der Waals surface area (Å²) in [6.07, 6.45) is 1.44. The summed E-state index contributed by atoms with van der Waals surface area (Å²) in [6, 6.07) is 6.10. The van der Waals surface area contributed by atoms with Gasteiger partial charge in [-0.05, 0) is 12.1 Å². The number of rotatable bonds is 2. The Labute approximate surface area is 112 Å². The molecule has 5 nitrogen and oxygen atoms in total. The van der Waals surface area contributed by atoms with Crippen LogP contribution in [0.4, 0.5) is 4.39 Å². The molecule has 0 spiro atoms. The van der Waals surface area contributed by atoms with Crippen LogP contribution >= 0.6 is 11.6 Å². The summed E-state index contributed by atoms with van der Waals surface area (Å²) in [4.78, 5) is 3.94. The van der Waals surface area contributed by atoms with Gasteiger partial charge in [-0.2, -0.15) is 0 Å². The fourth-order valence-corrected chi connectivity index (χ4v) is 1.98. The molecule has 0 aliphatic carbocycles. The van der Waals surface area contributed by atoms with Crippen LogP contribution in [0.3, 0.4) is 0 Å². The smallest absolute Gasteiger partial charge is 0.176 e. The van der Waals surface area contributed by atoms with Gasteiger partial charge >= 0.3 is 0 Å². The second-order valence-electron chi connectivity index (χ2n) is 3.78. The first-order valence-electron chi connectivity index (χ1n) is 5.40. The minimum Gasteiger partial charge on any atom is -0.496 e. The van der Waals surface area contributed by atoms with Crippen LogP contribution in [0.25, 0.3) is 17.0 Å². The quantitative estimate of drug-likeness (QED) is 0.676. The Morgan fingerprint density at radius 2 is 2.16 bits per heavy atom.